The number of phenolic OH excluding ortho intramolecular Hbond substituents is 1. The van der Waals surface area contributed by atoms with Crippen LogP contribution < -0.4 is 4.90 Å². The van der Waals surface area contributed by atoms with Crippen LogP contribution >= 0.6 is 11.3 Å². The van der Waals surface area contributed by atoms with Crippen LogP contribution in [0.25, 0.3) is 0 Å². The molecule has 0 radical (unpaired) electrons. The molecule has 1 fully saturated rings. The van der Waals surface area contributed by atoms with E-state index in [0.717, 1.165) is 38.4 Å². The van der Waals surface area contributed by atoms with E-state index in [0.29, 0.717) is 11.7 Å². The largest absolute Gasteiger partial charge is 0.506 e. The van der Waals surface area contributed by atoms with Gasteiger partial charge in [-0.1, -0.05) is 26.0 Å². The highest BCUT2D eigenvalue weighted by atomic mass is 32.1. The van der Waals surface area contributed by atoms with Gasteiger partial charge in [-0.25, -0.2) is 4.98 Å². The van der Waals surface area contributed by atoms with E-state index >= 15 is 0 Å². The van der Waals surface area contributed by atoms with E-state index in [1.165, 1.54) is 10.7 Å². The Morgan fingerprint density at radius 2 is 1.91 bits per heavy atom. The SMILES string of the molecule is CC(C)c1nc(CN2CCN(c3ccccc3O)CC2)cs1. The van der Waals surface area contributed by atoms with Crippen molar-refractivity contribution in [2.24, 2.45) is 0 Å². The van der Waals surface area contributed by atoms with Crippen molar-refractivity contribution in [3.05, 3.63) is 40.3 Å². The van der Waals surface area contributed by atoms with E-state index in [1.54, 1.807) is 17.4 Å². The number of hydrogen-bond donors (Lipinski definition) is 1. The summed E-state index contributed by atoms with van der Waals surface area (Å²) < 4.78 is 0. The van der Waals surface area contributed by atoms with Crippen LogP contribution in [0.1, 0.15) is 30.5 Å². The Kier molecular flexibility index (Phi) is 4.64. The minimum absolute atomic E-state index is 0.372. The fourth-order valence-electron chi connectivity index (χ4n) is 2.77. The van der Waals surface area contributed by atoms with Crippen molar-refractivity contribution in [2.75, 3.05) is 31.1 Å². The third kappa shape index (κ3) is 3.42. The van der Waals surface area contributed by atoms with Crippen molar-refractivity contribution in [1.29, 1.82) is 0 Å². The summed E-state index contributed by atoms with van der Waals surface area (Å²) in [7, 11) is 0. The first kappa shape index (κ1) is 15.3. The van der Waals surface area contributed by atoms with Gasteiger partial charge in [0.25, 0.3) is 0 Å². The van der Waals surface area contributed by atoms with E-state index in [2.05, 4.69) is 29.0 Å². The molecule has 2 heterocycles. The quantitative estimate of drug-likeness (QED) is 0.939. The monoisotopic (exact) mass is 317 g/mol. The highest BCUT2D eigenvalue weighted by Gasteiger charge is 2.20. The normalized spacial score (nSPS) is 16.4. The number of anilines is 1. The Morgan fingerprint density at radius 3 is 2.55 bits per heavy atom. The van der Waals surface area contributed by atoms with Crippen LogP contribution in [0.15, 0.2) is 29.6 Å². The average molecular weight is 317 g/mol. The molecule has 0 spiro atoms. The Bertz CT molecular complexity index is 618. The summed E-state index contributed by atoms with van der Waals surface area (Å²) in [4.78, 5) is 9.41. The van der Waals surface area contributed by atoms with Crippen molar-refractivity contribution in [2.45, 2.75) is 26.3 Å². The topological polar surface area (TPSA) is 39.6 Å². The number of para-hydroxylation sites is 2. The minimum atomic E-state index is 0.372. The zero-order valence-corrected chi connectivity index (χ0v) is 14.0. The van der Waals surface area contributed by atoms with Crippen LogP contribution in [-0.2, 0) is 6.54 Å². The van der Waals surface area contributed by atoms with Crippen molar-refractivity contribution < 1.29 is 5.11 Å². The van der Waals surface area contributed by atoms with E-state index in [9.17, 15) is 5.11 Å². The molecule has 1 aromatic carbocycles. The first-order valence-corrected chi connectivity index (χ1v) is 8.71. The summed E-state index contributed by atoms with van der Waals surface area (Å²) in [5.41, 5.74) is 2.13. The predicted molar refractivity (Wildman–Crippen MR) is 91.8 cm³/mol. The van der Waals surface area contributed by atoms with Gasteiger partial charge in [0, 0.05) is 44.0 Å². The van der Waals surface area contributed by atoms with Crippen LogP contribution in [0.2, 0.25) is 0 Å². The second-order valence-corrected chi connectivity index (χ2v) is 6.97. The van der Waals surface area contributed by atoms with Crippen LogP contribution in [-0.4, -0.2) is 41.2 Å². The zero-order valence-electron chi connectivity index (χ0n) is 13.2. The van der Waals surface area contributed by atoms with Gasteiger partial charge in [0.1, 0.15) is 5.75 Å². The van der Waals surface area contributed by atoms with Gasteiger partial charge >= 0.3 is 0 Å². The number of phenols is 1. The molecule has 22 heavy (non-hydrogen) atoms. The molecular weight excluding hydrogens is 294 g/mol. The maximum Gasteiger partial charge on any atom is 0.138 e. The number of thiazole rings is 1. The molecule has 0 bridgehead atoms. The minimum Gasteiger partial charge on any atom is -0.506 e. The summed E-state index contributed by atoms with van der Waals surface area (Å²) in [6, 6.07) is 7.58. The lowest BCUT2D eigenvalue weighted by atomic mass is 10.2. The number of aromatic hydroxyl groups is 1. The lowest BCUT2D eigenvalue weighted by molar-refractivity contribution is 0.247. The molecule has 0 unspecified atom stereocenters. The Balaban J connectivity index is 1.56. The van der Waals surface area contributed by atoms with Gasteiger partial charge in [-0.2, -0.15) is 0 Å². The molecule has 118 valence electrons. The standard InChI is InChI=1S/C17H23N3OS/c1-13(2)17-18-14(12-22-17)11-19-7-9-20(10-8-19)15-5-3-4-6-16(15)21/h3-6,12-13,21H,7-11H2,1-2H3. The zero-order chi connectivity index (χ0) is 15.5. The molecule has 1 N–H and O–H groups in total. The van der Waals surface area contributed by atoms with Gasteiger partial charge in [-0.05, 0) is 12.1 Å². The Hall–Kier alpha value is -1.59. The van der Waals surface area contributed by atoms with E-state index in [4.69, 9.17) is 4.98 Å². The van der Waals surface area contributed by atoms with Crippen LogP contribution in [0.4, 0.5) is 5.69 Å². The lowest BCUT2D eigenvalue weighted by Gasteiger charge is -2.36. The number of aromatic nitrogens is 1. The summed E-state index contributed by atoms with van der Waals surface area (Å²) in [5, 5.41) is 13.4. The van der Waals surface area contributed by atoms with Crippen molar-refractivity contribution >= 4 is 17.0 Å². The molecule has 4 nitrogen and oxygen atoms in total. The Labute approximate surface area is 136 Å². The molecule has 0 atom stereocenters. The summed E-state index contributed by atoms with van der Waals surface area (Å²) in [5.74, 6) is 0.883. The molecule has 0 aliphatic carbocycles. The lowest BCUT2D eigenvalue weighted by Crippen LogP contribution is -2.46. The third-order valence-electron chi connectivity index (χ3n) is 4.04. The maximum atomic E-state index is 9.95. The highest BCUT2D eigenvalue weighted by Crippen LogP contribution is 2.27. The van der Waals surface area contributed by atoms with Gasteiger partial charge in [0.05, 0.1) is 16.4 Å². The van der Waals surface area contributed by atoms with Crippen LogP contribution in [0, 0.1) is 0 Å². The maximum absolute atomic E-state index is 9.95. The van der Waals surface area contributed by atoms with Crippen LogP contribution in [0.5, 0.6) is 5.75 Å². The van der Waals surface area contributed by atoms with Gasteiger partial charge < -0.3 is 10.0 Å². The smallest absolute Gasteiger partial charge is 0.138 e. The molecule has 2 aromatic rings. The van der Waals surface area contributed by atoms with Crippen molar-refractivity contribution in [3.63, 3.8) is 0 Å². The van der Waals surface area contributed by atoms with E-state index in [-0.39, 0.29) is 0 Å². The van der Waals surface area contributed by atoms with Gasteiger partial charge in [0.2, 0.25) is 0 Å². The van der Waals surface area contributed by atoms with Gasteiger partial charge in [0.15, 0.2) is 0 Å². The summed E-state index contributed by atoms with van der Waals surface area (Å²) in [6.45, 7) is 9.20. The molecular formula is C17H23N3OS. The fraction of sp³-hybridized carbons (Fsp3) is 0.471. The van der Waals surface area contributed by atoms with Gasteiger partial charge in [-0.15, -0.1) is 11.3 Å². The third-order valence-corrected chi connectivity index (χ3v) is 5.24. The summed E-state index contributed by atoms with van der Waals surface area (Å²) in [6.07, 6.45) is 0. The van der Waals surface area contributed by atoms with Crippen molar-refractivity contribution in [3.8, 4) is 5.75 Å². The van der Waals surface area contributed by atoms with Gasteiger partial charge in [-0.3, -0.25) is 4.90 Å². The first-order valence-electron chi connectivity index (χ1n) is 7.83. The van der Waals surface area contributed by atoms with E-state index in [1.807, 2.05) is 18.2 Å². The number of benzene rings is 1. The highest BCUT2D eigenvalue weighted by molar-refractivity contribution is 7.09. The Morgan fingerprint density at radius 1 is 1.18 bits per heavy atom. The fourth-order valence-corrected chi connectivity index (χ4v) is 3.59. The number of rotatable bonds is 4. The summed E-state index contributed by atoms with van der Waals surface area (Å²) >= 11 is 1.76. The molecule has 1 aromatic heterocycles. The number of nitrogens with zero attached hydrogens (tertiary/aromatic N) is 3. The molecule has 3 rings (SSSR count). The molecule has 0 amide bonds. The number of hydrogen-bond acceptors (Lipinski definition) is 5. The molecule has 1 aliphatic rings. The molecule has 1 saturated heterocycles. The average Bonchev–Trinajstić information content (AvgIpc) is 2.98. The molecule has 0 saturated carbocycles. The van der Waals surface area contributed by atoms with Crippen LogP contribution in [0.3, 0.4) is 0 Å². The first-order chi connectivity index (χ1) is 10.6. The molecule has 1 aliphatic heterocycles. The second kappa shape index (κ2) is 6.67. The van der Waals surface area contributed by atoms with Crippen molar-refractivity contribution in [1.82, 2.24) is 9.88 Å². The second-order valence-electron chi connectivity index (χ2n) is 6.08. The molecule has 5 heteroatoms. The predicted octanol–water partition coefficient (Wildman–Crippen LogP) is 3.29. The van der Waals surface area contributed by atoms with E-state index < -0.39 is 0 Å². The number of piperazine rings is 1.